The van der Waals surface area contributed by atoms with Crippen molar-refractivity contribution >= 4 is 34.7 Å². The summed E-state index contributed by atoms with van der Waals surface area (Å²) >= 11 is 12.1. The van der Waals surface area contributed by atoms with Crippen LogP contribution in [0.3, 0.4) is 0 Å². The van der Waals surface area contributed by atoms with Gasteiger partial charge in [-0.05, 0) is 13.0 Å². The van der Waals surface area contributed by atoms with E-state index in [-0.39, 0.29) is 6.54 Å². The number of benzene rings is 1. The largest absolute Gasteiger partial charge is 0.384 e. The van der Waals surface area contributed by atoms with E-state index in [0.717, 1.165) is 0 Å². The van der Waals surface area contributed by atoms with Crippen molar-refractivity contribution in [2.45, 2.75) is 12.5 Å². The third kappa shape index (κ3) is 3.56. The van der Waals surface area contributed by atoms with E-state index in [4.69, 9.17) is 23.2 Å². The van der Waals surface area contributed by atoms with Crippen molar-refractivity contribution in [1.82, 2.24) is 9.97 Å². The normalized spacial score (nSPS) is 13.6. The van der Waals surface area contributed by atoms with Crippen molar-refractivity contribution in [3.8, 4) is 0 Å². The fourth-order valence-corrected chi connectivity index (χ4v) is 2.54. The highest BCUT2D eigenvalue weighted by molar-refractivity contribution is 6.32. The van der Waals surface area contributed by atoms with E-state index in [1.807, 2.05) is 12.1 Å². The Labute approximate surface area is 133 Å². The first-order chi connectivity index (χ1) is 9.95. The molecule has 1 heterocycles. The van der Waals surface area contributed by atoms with Crippen LogP contribution in [0.15, 0.2) is 30.6 Å². The van der Waals surface area contributed by atoms with E-state index in [1.165, 1.54) is 6.33 Å². The molecule has 2 aromatic rings. The van der Waals surface area contributed by atoms with Crippen molar-refractivity contribution in [2.75, 3.05) is 24.2 Å². The standard InChI is InChI=1S/C14H16Cl2N4O/c1-14(21,9-5-3-4-6-10(9)15)7-18-13-11(17-2)12(16)19-8-20-13/h3-6,8,17,21H,7H2,1-2H3,(H,18,19,20). The number of aromatic nitrogens is 2. The van der Waals surface area contributed by atoms with Gasteiger partial charge in [-0.3, -0.25) is 0 Å². The van der Waals surface area contributed by atoms with Crippen molar-refractivity contribution in [3.63, 3.8) is 0 Å². The topological polar surface area (TPSA) is 70.1 Å². The molecule has 2 rings (SSSR count). The van der Waals surface area contributed by atoms with Crippen LogP contribution in [-0.2, 0) is 5.60 Å². The van der Waals surface area contributed by atoms with Gasteiger partial charge < -0.3 is 15.7 Å². The zero-order chi connectivity index (χ0) is 15.5. The molecule has 0 fully saturated rings. The summed E-state index contributed by atoms with van der Waals surface area (Å²) in [6, 6.07) is 7.18. The van der Waals surface area contributed by atoms with Gasteiger partial charge in [-0.15, -0.1) is 0 Å². The minimum Gasteiger partial charge on any atom is -0.384 e. The fraction of sp³-hybridized carbons (Fsp3) is 0.286. The average Bonchev–Trinajstić information content (AvgIpc) is 2.45. The van der Waals surface area contributed by atoms with Crippen LogP contribution in [0.5, 0.6) is 0 Å². The zero-order valence-electron chi connectivity index (χ0n) is 11.7. The van der Waals surface area contributed by atoms with Crippen LogP contribution in [0.4, 0.5) is 11.5 Å². The van der Waals surface area contributed by atoms with Gasteiger partial charge >= 0.3 is 0 Å². The molecule has 112 valence electrons. The number of anilines is 2. The number of hydrogen-bond donors (Lipinski definition) is 3. The van der Waals surface area contributed by atoms with Gasteiger partial charge in [0.1, 0.15) is 17.6 Å². The van der Waals surface area contributed by atoms with Crippen LogP contribution >= 0.6 is 23.2 Å². The second kappa shape index (κ2) is 6.47. The number of halogens is 2. The Morgan fingerprint density at radius 1 is 1.24 bits per heavy atom. The molecule has 21 heavy (non-hydrogen) atoms. The quantitative estimate of drug-likeness (QED) is 0.736. The zero-order valence-corrected chi connectivity index (χ0v) is 13.2. The highest BCUT2D eigenvalue weighted by atomic mass is 35.5. The smallest absolute Gasteiger partial charge is 0.157 e. The number of nitrogens with one attached hydrogen (secondary N) is 2. The molecular formula is C14H16Cl2N4O. The Bertz CT molecular complexity index is 634. The monoisotopic (exact) mass is 326 g/mol. The Morgan fingerprint density at radius 3 is 2.62 bits per heavy atom. The Kier molecular flexibility index (Phi) is 4.88. The van der Waals surface area contributed by atoms with Gasteiger partial charge in [-0.1, -0.05) is 41.4 Å². The summed E-state index contributed by atoms with van der Waals surface area (Å²) in [7, 11) is 1.72. The molecule has 1 aromatic heterocycles. The van der Waals surface area contributed by atoms with Crippen LogP contribution in [-0.4, -0.2) is 28.7 Å². The van der Waals surface area contributed by atoms with E-state index in [9.17, 15) is 5.11 Å². The van der Waals surface area contributed by atoms with Gasteiger partial charge in [-0.2, -0.15) is 0 Å². The molecule has 5 nitrogen and oxygen atoms in total. The Morgan fingerprint density at radius 2 is 1.95 bits per heavy atom. The maximum Gasteiger partial charge on any atom is 0.157 e. The van der Waals surface area contributed by atoms with Crippen LogP contribution in [0.1, 0.15) is 12.5 Å². The van der Waals surface area contributed by atoms with Crippen LogP contribution < -0.4 is 10.6 Å². The summed E-state index contributed by atoms with van der Waals surface area (Å²) in [5, 5.41) is 17.4. The molecule has 0 aliphatic carbocycles. The SMILES string of the molecule is CNc1c(Cl)ncnc1NCC(C)(O)c1ccccc1Cl. The van der Waals surface area contributed by atoms with Crippen molar-refractivity contribution < 1.29 is 5.11 Å². The summed E-state index contributed by atoms with van der Waals surface area (Å²) < 4.78 is 0. The van der Waals surface area contributed by atoms with Crippen molar-refractivity contribution in [2.24, 2.45) is 0 Å². The Balaban J connectivity index is 2.20. The molecule has 1 aromatic carbocycles. The molecule has 0 saturated heterocycles. The first-order valence-corrected chi connectivity index (χ1v) is 7.11. The molecule has 0 bridgehead atoms. The third-order valence-electron chi connectivity index (χ3n) is 3.11. The molecule has 0 aliphatic rings. The maximum absolute atomic E-state index is 10.6. The summed E-state index contributed by atoms with van der Waals surface area (Å²) in [4.78, 5) is 8.01. The van der Waals surface area contributed by atoms with Crippen LogP contribution in [0.2, 0.25) is 10.2 Å². The fourth-order valence-electron chi connectivity index (χ4n) is 1.97. The number of nitrogens with zero attached hydrogens (tertiary/aromatic N) is 2. The van der Waals surface area contributed by atoms with E-state index in [2.05, 4.69) is 20.6 Å². The van der Waals surface area contributed by atoms with Crippen molar-refractivity contribution in [3.05, 3.63) is 46.3 Å². The first kappa shape index (κ1) is 15.8. The molecule has 0 aliphatic heterocycles. The second-order valence-corrected chi connectivity index (χ2v) is 5.51. The first-order valence-electron chi connectivity index (χ1n) is 6.35. The summed E-state index contributed by atoms with van der Waals surface area (Å²) in [6.45, 7) is 1.90. The molecule has 0 saturated carbocycles. The number of aliphatic hydroxyl groups is 1. The second-order valence-electron chi connectivity index (χ2n) is 4.75. The van der Waals surface area contributed by atoms with Crippen LogP contribution in [0, 0.1) is 0 Å². The number of rotatable bonds is 5. The van der Waals surface area contributed by atoms with Crippen LogP contribution in [0.25, 0.3) is 0 Å². The van der Waals surface area contributed by atoms with E-state index < -0.39 is 5.60 Å². The average molecular weight is 327 g/mol. The molecule has 7 heteroatoms. The molecule has 0 spiro atoms. The summed E-state index contributed by atoms with van der Waals surface area (Å²) in [6.07, 6.45) is 1.36. The molecule has 0 radical (unpaired) electrons. The van der Waals surface area contributed by atoms with Gasteiger partial charge in [0.25, 0.3) is 0 Å². The molecule has 0 amide bonds. The van der Waals surface area contributed by atoms with E-state index >= 15 is 0 Å². The van der Waals surface area contributed by atoms with Crippen molar-refractivity contribution in [1.29, 1.82) is 0 Å². The van der Waals surface area contributed by atoms with E-state index in [1.54, 1.807) is 26.1 Å². The summed E-state index contributed by atoms with van der Waals surface area (Å²) in [5.41, 5.74) is 0.0697. The lowest BCUT2D eigenvalue weighted by molar-refractivity contribution is 0.0716. The molecule has 1 atom stereocenters. The highest BCUT2D eigenvalue weighted by Gasteiger charge is 2.26. The minimum atomic E-state index is -1.15. The Hall–Kier alpha value is -1.56. The minimum absolute atomic E-state index is 0.221. The predicted molar refractivity (Wildman–Crippen MR) is 86.1 cm³/mol. The lowest BCUT2D eigenvalue weighted by atomic mass is 9.96. The maximum atomic E-state index is 10.6. The van der Waals surface area contributed by atoms with Gasteiger partial charge in [0, 0.05) is 24.2 Å². The van der Waals surface area contributed by atoms with Gasteiger partial charge in [0.15, 0.2) is 11.0 Å². The lowest BCUT2D eigenvalue weighted by Crippen LogP contribution is -2.31. The molecule has 1 unspecified atom stereocenters. The molecular weight excluding hydrogens is 311 g/mol. The number of hydrogen-bond acceptors (Lipinski definition) is 5. The van der Waals surface area contributed by atoms with Gasteiger partial charge in [0.2, 0.25) is 0 Å². The highest BCUT2D eigenvalue weighted by Crippen LogP contribution is 2.30. The van der Waals surface area contributed by atoms with E-state index in [0.29, 0.717) is 27.2 Å². The predicted octanol–water partition coefficient (Wildman–Crippen LogP) is 3.14. The van der Waals surface area contributed by atoms with Gasteiger partial charge in [-0.25, -0.2) is 9.97 Å². The summed E-state index contributed by atoms with van der Waals surface area (Å²) in [5.74, 6) is 0.518. The third-order valence-corrected chi connectivity index (χ3v) is 3.72. The lowest BCUT2D eigenvalue weighted by Gasteiger charge is -2.26. The molecule has 3 N–H and O–H groups in total. The van der Waals surface area contributed by atoms with Gasteiger partial charge in [0.05, 0.1) is 0 Å².